The van der Waals surface area contributed by atoms with Gasteiger partial charge in [-0.1, -0.05) is 24.6 Å². The standard InChI is InChI=1S/C26H33ClFN5O2/c1-15-12-20(34)23-21(15)24(30-14-29-23)32-8-10-33(11-9-32)25(35)22(19-6-7-26(2,3)31-19)16-4-5-17(27)18(28)13-16/h4-5,13-15,19-20,22,31,34H,6-12H2,1-3H3/t15-,19?,20+,22?/m1/s1. The quantitative estimate of drug-likeness (QED) is 0.663. The van der Waals surface area contributed by atoms with Crippen molar-refractivity contribution in [1.82, 2.24) is 20.2 Å². The van der Waals surface area contributed by atoms with Crippen molar-refractivity contribution < 1.29 is 14.3 Å². The fraction of sp³-hybridized carbons (Fsp3) is 0.577. The second kappa shape index (κ2) is 9.30. The Kier molecular flexibility index (Phi) is 6.48. The molecule has 2 fully saturated rings. The Morgan fingerprint density at radius 2 is 2.00 bits per heavy atom. The monoisotopic (exact) mass is 501 g/mol. The van der Waals surface area contributed by atoms with Crippen LogP contribution in [0.2, 0.25) is 5.02 Å². The number of nitrogens with zero attached hydrogens (tertiary/aromatic N) is 4. The number of carbonyl (C=O) groups excluding carboxylic acids is 1. The van der Waals surface area contributed by atoms with Crippen molar-refractivity contribution in [3.63, 3.8) is 0 Å². The zero-order valence-electron chi connectivity index (χ0n) is 20.5. The molecule has 2 saturated heterocycles. The minimum absolute atomic E-state index is 0.0123. The molecule has 2 aromatic rings. The second-order valence-electron chi connectivity index (χ2n) is 10.8. The van der Waals surface area contributed by atoms with Crippen molar-refractivity contribution >= 4 is 23.3 Å². The first kappa shape index (κ1) is 24.4. The number of aromatic nitrogens is 2. The molecule has 1 amide bonds. The Morgan fingerprint density at radius 1 is 1.26 bits per heavy atom. The fourth-order valence-electron chi connectivity index (χ4n) is 5.95. The summed E-state index contributed by atoms with van der Waals surface area (Å²) in [6.07, 6.45) is 3.43. The summed E-state index contributed by atoms with van der Waals surface area (Å²) in [6.45, 7) is 8.75. The highest BCUT2D eigenvalue weighted by molar-refractivity contribution is 6.30. The molecule has 0 bridgehead atoms. The molecule has 188 valence electrons. The van der Waals surface area contributed by atoms with E-state index in [2.05, 4.69) is 41.0 Å². The van der Waals surface area contributed by atoms with Crippen molar-refractivity contribution in [3.05, 3.63) is 52.2 Å². The summed E-state index contributed by atoms with van der Waals surface area (Å²) in [5.74, 6) is 0.0864. The minimum atomic E-state index is -0.548. The topological polar surface area (TPSA) is 81.6 Å². The summed E-state index contributed by atoms with van der Waals surface area (Å²) in [4.78, 5) is 26.8. The van der Waals surface area contributed by atoms with Crippen molar-refractivity contribution in [1.29, 1.82) is 0 Å². The molecule has 3 heterocycles. The molecule has 2 aliphatic heterocycles. The van der Waals surface area contributed by atoms with Crippen LogP contribution in [0.3, 0.4) is 0 Å². The predicted octanol–water partition coefficient (Wildman–Crippen LogP) is 3.77. The summed E-state index contributed by atoms with van der Waals surface area (Å²) >= 11 is 5.93. The first-order chi connectivity index (χ1) is 16.6. The number of rotatable bonds is 4. The van der Waals surface area contributed by atoms with Crippen molar-refractivity contribution in [3.8, 4) is 0 Å². The summed E-state index contributed by atoms with van der Waals surface area (Å²) in [6, 6.07) is 4.65. The van der Waals surface area contributed by atoms with E-state index < -0.39 is 17.8 Å². The van der Waals surface area contributed by atoms with Gasteiger partial charge in [-0.3, -0.25) is 4.79 Å². The summed E-state index contributed by atoms with van der Waals surface area (Å²) in [7, 11) is 0. The van der Waals surface area contributed by atoms with Gasteiger partial charge in [0.2, 0.25) is 5.91 Å². The molecule has 2 N–H and O–H groups in total. The van der Waals surface area contributed by atoms with Crippen LogP contribution in [-0.2, 0) is 4.79 Å². The van der Waals surface area contributed by atoms with Crippen molar-refractivity contribution in [2.45, 2.75) is 69.6 Å². The zero-order valence-corrected chi connectivity index (χ0v) is 21.2. The molecule has 9 heteroatoms. The molecule has 3 aliphatic rings. The van der Waals surface area contributed by atoms with Crippen LogP contribution >= 0.6 is 11.6 Å². The van der Waals surface area contributed by atoms with E-state index in [4.69, 9.17) is 11.6 Å². The van der Waals surface area contributed by atoms with Crippen LogP contribution in [0.4, 0.5) is 10.2 Å². The van der Waals surface area contributed by atoms with Crippen LogP contribution in [-0.4, -0.2) is 63.6 Å². The number of amides is 1. The Hall–Kier alpha value is -2.29. The molecule has 1 aromatic heterocycles. The lowest BCUT2D eigenvalue weighted by Crippen LogP contribution is -2.53. The normalized spacial score (nSPS) is 26.6. The fourth-order valence-corrected chi connectivity index (χ4v) is 6.07. The van der Waals surface area contributed by atoms with E-state index in [9.17, 15) is 14.3 Å². The number of hydrogen-bond donors (Lipinski definition) is 2. The van der Waals surface area contributed by atoms with Gasteiger partial charge in [0.25, 0.3) is 0 Å². The predicted molar refractivity (Wildman–Crippen MR) is 133 cm³/mol. The lowest BCUT2D eigenvalue weighted by Gasteiger charge is -2.39. The zero-order chi connectivity index (χ0) is 24.9. The van der Waals surface area contributed by atoms with Crippen LogP contribution < -0.4 is 10.2 Å². The van der Waals surface area contributed by atoms with Gasteiger partial charge in [-0.05, 0) is 56.7 Å². The molecule has 5 rings (SSSR count). The van der Waals surface area contributed by atoms with Crippen LogP contribution in [0.1, 0.15) is 74.8 Å². The Bertz CT molecular complexity index is 1120. The first-order valence-electron chi connectivity index (χ1n) is 12.4. The Labute approximate surface area is 210 Å². The smallest absolute Gasteiger partial charge is 0.231 e. The maximum Gasteiger partial charge on any atom is 0.231 e. The van der Waals surface area contributed by atoms with Gasteiger partial charge in [-0.2, -0.15) is 0 Å². The van der Waals surface area contributed by atoms with E-state index in [1.807, 2.05) is 4.90 Å². The maximum absolute atomic E-state index is 14.4. The molecule has 1 aromatic carbocycles. The van der Waals surface area contributed by atoms with Gasteiger partial charge in [0.1, 0.15) is 18.0 Å². The second-order valence-corrected chi connectivity index (χ2v) is 11.2. The van der Waals surface area contributed by atoms with Crippen molar-refractivity contribution in [2.24, 2.45) is 0 Å². The highest BCUT2D eigenvalue weighted by Gasteiger charge is 2.41. The number of fused-ring (bicyclic) bond motifs is 1. The molecule has 4 atom stereocenters. The van der Waals surface area contributed by atoms with Crippen molar-refractivity contribution in [2.75, 3.05) is 31.1 Å². The third kappa shape index (κ3) is 4.63. The molecule has 1 aliphatic carbocycles. The van der Waals surface area contributed by atoms with Crippen LogP contribution in [0, 0.1) is 5.82 Å². The highest BCUT2D eigenvalue weighted by Crippen LogP contribution is 2.43. The molecular weight excluding hydrogens is 469 g/mol. The number of nitrogens with one attached hydrogen (secondary N) is 1. The number of aliphatic hydroxyl groups excluding tert-OH is 1. The molecule has 0 spiro atoms. The first-order valence-corrected chi connectivity index (χ1v) is 12.8. The number of benzene rings is 1. The van der Waals surface area contributed by atoms with Gasteiger partial charge in [-0.15, -0.1) is 0 Å². The Morgan fingerprint density at radius 3 is 2.66 bits per heavy atom. The van der Waals surface area contributed by atoms with Gasteiger partial charge in [-0.25, -0.2) is 14.4 Å². The number of anilines is 1. The van der Waals surface area contributed by atoms with Crippen LogP contribution in [0.5, 0.6) is 0 Å². The molecule has 7 nitrogen and oxygen atoms in total. The third-order valence-electron chi connectivity index (χ3n) is 7.80. The van der Waals surface area contributed by atoms with E-state index in [0.717, 1.165) is 29.9 Å². The molecule has 35 heavy (non-hydrogen) atoms. The van der Waals surface area contributed by atoms with Gasteiger partial charge >= 0.3 is 0 Å². The van der Waals surface area contributed by atoms with E-state index >= 15 is 0 Å². The SMILES string of the molecule is C[C@@H]1C[C@H](O)c2ncnc(N3CCN(C(=O)C(c4ccc(Cl)c(F)c4)C4CCC(C)(C)N4)CC3)c21. The molecule has 2 unspecified atom stereocenters. The lowest BCUT2D eigenvalue weighted by atomic mass is 9.88. The number of halogens is 2. The average molecular weight is 502 g/mol. The van der Waals surface area contributed by atoms with E-state index in [1.165, 1.54) is 18.5 Å². The van der Waals surface area contributed by atoms with E-state index in [1.54, 1.807) is 6.07 Å². The maximum atomic E-state index is 14.4. The van der Waals surface area contributed by atoms with Crippen LogP contribution in [0.15, 0.2) is 24.5 Å². The number of carbonyl (C=O) groups is 1. The molecule has 0 radical (unpaired) electrons. The minimum Gasteiger partial charge on any atom is -0.387 e. The highest BCUT2D eigenvalue weighted by atomic mass is 35.5. The molecule has 0 saturated carbocycles. The third-order valence-corrected chi connectivity index (χ3v) is 8.10. The number of hydrogen-bond acceptors (Lipinski definition) is 6. The molecular formula is C26H33ClFN5O2. The van der Waals surface area contributed by atoms with E-state index in [-0.39, 0.29) is 28.4 Å². The van der Waals surface area contributed by atoms with Gasteiger partial charge in [0.05, 0.1) is 22.7 Å². The van der Waals surface area contributed by atoms with Crippen LogP contribution in [0.25, 0.3) is 0 Å². The summed E-state index contributed by atoms with van der Waals surface area (Å²) in [5, 5.41) is 14.0. The largest absolute Gasteiger partial charge is 0.387 e. The van der Waals surface area contributed by atoms with Gasteiger partial charge in [0.15, 0.2) is 0 Å². The van der Waals surface area contributed by atoms with E-state index in [0.29, 0.717) is 38.2 Å². The van der Waals surface area contributed by atoms with Gasteiger partial charge < -0.3 is 20.2 Å². The number of aliphatic hydroxyl groups is 1. The summed E-state index contributed by atoms with van der Waals surface area (Å²) in [5.41, 5.74) is 2.33. The average Bonchev–Trinajstić information content (AvgIpc) is 3.34. The lowest BCUT2D eigenvalue weighted by molar-refractivity contribution is -0.133. The van der Waals surface area contributed by atoms with Gasteiger partial charge in [0, 0.05) is 43.3 Å². The number of piperazine rings is 1. The Balaban J connectivity index is 1.35. The summed E-state index contributed by atoms with van der Waals surface area (Å²) < 4.78 is 14.4.